The molecule has 0 aliphatic rings. The van der Waals surface area contributed by atoms with Crippen LogP contribution >= 0.6 is 0 Å². The molecule has 0 radical (unpaired) electrons. The number of hydrogen-bond acceptors (Lipinski definition) is 2. The average molecular weight is 321 g/mol. The third kappa shape index (κ3) is 20.7. The minimum Gasteiger partial charge on any atom is -0.853 e. The van der Waals surface area contributed by atoms with E-state index < -0.39 is 12.2 Å². The Hall–Kier alpha value is 0.719. The molecule has 3 heteroatoms. The third-order valence-corrected chi connectivity index (χ3v) is 6.11. The topological polar surface area (TPSA) is 46.1 Å². The van der Waals surface area contributed by atoms with Crippen molar-refractivity contribution in [1.29, 1.82) is 0 Å². The molecule has 0 unspecified atom stereocenters. The van der Waals surface area contributed by atoms with Gasteiger partial charge in [0.2, 0.25) is 0 Å². The molecule has 0 spiro atoms. The zero-order chi connectivity index (χ0) is 12.1. The van der Waals surface area contributed by atoms with E-state index in [2.05, 4.69) is 13.8 Å². The van der Waals surface area contributed by atoms with Gasteiger partial charge in [-0.1, -0.05) is 13.8 Å². The van der Waals surface area contributed by atoms with Crippen LogP contribution in [-0.4, -0.2) is 33.4 Å². The number of unbranched alkanes of at least 4 members (excludes halogenated alkanes) is 2. The molecule has 0 aliphatic heterocycles. The first-order chi connectivity index (χ1) is 7.06. The number of hydrogen-bond donors (Lipinski definition) is 0. The van der Waals surface area contributed by atoms with Crippen LogP contribution in [-0.2, 0) is 0 Å². The van der Waals surface area contributed by atoms with Crippen molar-refractivity contribution in [2.75, 3.05) is 0 Å². The van der Waals surface area contributed by atoms with Crippen LogP contribution in [0.5, 0.6) is 0 Å². The summed E-state index contributed by atoms with van der Waals surface area (Å²) >= 11 is 0.149. The van der Waals surface area contributed by atoms with Crippen molar-refractivity contribution in [2.24, 2.45) is 0 Å². The molecule has 15 heavy (non-hydrogen) atoms. The minimum atomic E-state index is -0.954. The van der Waals surface area contributed by atoms with E-state index >= 15 is 0 Å². The summed E-state index contributed by atoms with van der Waals surface area (Å²) in [5, 5.41) is 19.8. The summed E-state index contributed by atoms with van der Waals surface area (Å²) in [6, 6.07) is 0. The van der Waals surface area contributed by atoms with Gasteiger partial charge in [-0.25, -0.2) is 0 Å². The molecule has 0 saturated carbocycles. The Morgan fingerprint density at radius 3 is 1.40 bits per heavy atom. The summed E-state index contributed by atoms with van der Waals surface area (Å²) < 4.78 is 3.25. The largest absolute Gasteiger partial charge is 0.853 e. The molecule has 0 aromatic heterocycles. The fraction of sp³-hybridized carbons (Fsp3) is 1.00. The van der Waals surface area contributed by atoms with Gasteiger partial charge in [-0.15, -0.1) is 12.2 Å². The van der Waals surface area contributed by atoms with Gasteiger partial charge in [-0.05, 0) is 0 Å². The third-order valence-electron chi connectivity index (χ3n) is 2.08. The molecule has 2 atom stereocenters. The SMILES string of the molecule is CCC[CH2][Sn+2][CH2]CCC.C[C@@H]([O-])[C@@H](C)[O-]. The zero-order valence-electron chi connectivity index (χ0n) is 10.7. The molecule has 2 nitrogen and oxygen atoms in total. The molecule has 0 aliphatic carbocycles. The Morgan fingerprint density at radius 1 is 0.867 bits per heavy atom. The minimum absolute atomic E-state index is 0.149. The van der Waals surface area contributed by atoms with Crippen LogP contribution < -0.4 is 10.2 Å². The summed E-state index contributed by atoms with van der Waals surface area (Å²) in [5.41, 5.74) is 0. The van der Waals surface area contributed by atoms with Crippen molar-refractivity contribution in [1.82, 2.24) is 0 Å². The fourth-order valence-electron chi connectivity index (χ4n) is 0.729. The van der Waals surface area contributed by atoms with Gasteiger partial charge < -0.3 is 10.2 Å². The van der Waals surface area contributed by atoms with Gasteiger partial charge in [0.05, 0.1) is 0 Å². The van der Waals surface area contributed by atoms with E-state index in [4.69, 9.17) is 0 Å². The summed E-state index contributed by atoms with van der Waals surface area (Å²) in [4.78, 5) is 0. The summed E-state index contributed by atoms with van der Waals surface area (Å²) in [5.74, 6) is 0. The molecule has 0 aromatic carbocycles. The van der Waals surface area contributed by atoms with Crippen LogP contribution in [0.4, 0.5) is 0 Å². The monoisotopic (exact) mass is 322 g/mol. The van der Waals surface area contributed by atoms with Gasteiger partial charge in [0, 0.05) is 0 Å². The smallest absolute Gasteiger partial charge is 0.0790 e. The van der Waals surface area contributed by atoms with Crippen molar-refractivity contribution >= 4 is 21.1 Å². The standard InChI is InChI=1S/C4H8O2.2C4H9.Sn/c1-3(5)4(2)6;2*1-3-4-2;/h3-4H,1-2H3;2*1,3-4H2,2H3;/q-2;;;+2/t3-,4-;;;/m1.../s1. The summed E-state index contributed by atoms with van der Waals surface area (Å²) in [6.45, 7) is 7.33. The maximum absolute atomic E-state index is 9.91. The second kappa shape index (κ2) is 14.7. The summed E-state index contributed by atoms with van der Waals surface area (Å²) in [7, 11) is 0. The molecule has 0 N–H and O–H groups in total. The van der Waals surface area contributed by atoms with Gasteiger partial charge in [0.1, 0.15) is 0 Å². The zero-order valence-corrected chi connectivity index (χ0v) is 13.6. The molecule has 0 saturated heterocycles. The van der Waals surface area contributed by atoms with E-state index in [0.717, 1.165) is 0 Å². The molecule has 0 aromatic rings. The Labute approximate surface area is 106 Å². The Kier molecular flexibility index (Phi) is 17.8. The van der Waals surface area contributed by atoms with E-state index in [9.17, 15) is 10.2 Å². The van der Waals surface area contributed by atoms with Gasteiger partial charge in [0.15, 0.2) is 0 Å². The van der Waals surface area contributed by atoms with E-state index in [0.29, 0.717) is 0 Å². The second-order valence-electron chi connectivity index (χ2n) is 3.87. The van der Waals surface area contributed by atoms with Crippen molar-refractivity contribution < 1.29 is 10.2 Å². The van der Waals surface area contributed by atoms with Gasteiger partial charge in [-0.2, -0.15) is 0 Å². The molecule has 0 heterocycles. The van der Waals surface area contributed by atoms with Gasteiger partial charge in [-0.3, -0.25) is 0 Å². The molecule has 90 valence electrons. The second-order valence-corrected chi connectivity index (χ2v) is 8.15. The van der Waals surface area contributed by atoms with Gasteiger partial charge >= 0.3 is 69.5 Å². The first-order valence-corrected chi connectivity index (χ1v) is 10.1. The summed E-state index contributed by atoms with van der Waals surface area (Å²) in [6.07, 6.45) is 3.93. The van der Waals surface area contributed by atoms with E-state index in [1.807, 2.05) is 0 Å². The van der Waals surface area contributed by atoms with Crippen molar-refractivity contribution in [3.8, 4) is 0 Å². The molecule has 0 rings (SSSR count). The van der Waals surface area contributed by atoms with Crippen LogP contribution in [0.3, 0.4) is 0 Å². The van der Waals surface area contributed by atoms with Gasteiger partial charge in [0.25, 0.3) is 0 Å². The molecular formula is C12H26O2Sn. The number of rotatable bonds is 7. The fourth-order valence-corrected chi connectivity index (χ4v) is 4.89. The van der Waals surface area contributed by atoms with Crippen LogP contribution in [0, 0.1) is 0 Å². The predicted octanol–water partition coefficient (Wildman–Crippen LogP) is 1.61. The first-order valence-electron chi connectivity index (χ1n) is 6.08. The van der Waals surface area contributed by atoms with Crippen molar-refractivity contribution in [2.45, 2.75) is 74.5 Å². The molecular weight excluding hydrogens is 295 g/mol. The van der Waals surface area contributed by atoms with Crippen LogP contribution in [0.15, 0.2) is 0 Å². The quantitative estimate of drug-likeness (QED) is 0.528. The van der Waals surface area contributed by atoms with E-state index in [-0.39, 0.29) is 21.1 Å². The maximum atomic E-state index is 9.91. The Bertz CT molecular complexity index is 93.8. The van der Waals surface area contributed by atoms with Crippen LogP contribution in [0.2, 0.25) is 8.87 Å². The van der Waals surface area contributed by atoms with E-state index in [1.165, 1.54) is 39.5 Å². The Morgan fingerprint density at radius 2 is 1.20 bits per heavy atom. The van der Waals surface area contributed by atoms with E-state index in [1.54, 1.807) is 8.87 Å². The average Bonchev–Trinajstić information content (AvgIpc) is 2.18. The maximum Gasteiger partial charge on any atom is -0.0790 e. The predicted molar refractivity (Wildman–Crippen MR) is 64.1 cm³/mol. The van der Waals surface area contributed by atoms with Crippen LogP contribution in [0.1, 0.15) is 53.4 Å². The van der Waals surface area contributed by atoms with Crippen molar-refractivity contribution in [3.63, 3.8) is 0 Å². The molecule has 0 fully saturated rings. The normalized spacial score (nSPS) is 13.5. The first kappa shape index (κ1) is 18.1. The molecule has 0 bridgehead atoms. The molecule has 0 amide bonds. The van der Waals surface area contributed by atoms with Crippen LogP contribution in [0.25, 0.3) is 0 Å². The van der Waals surface area contributed by atoms with Crippen molar-refractivity contribution in [3.05, 3.63) is 0 Å². The Balaban J connectivity index is 0.